The third kappa shape index (κ3) is 4.78. The maximum absolute atomic E-state index is 12.4. The Hall–Kier alpha value is -3.80. The number of nitrogens with one attached hydrogen (secondary N) is 3. The number of amides is 3. The number of rotatable bonds is 5. The van der Waals surface area contributed by atoms with Gasteiger partial charge in [-0.05, 0) is 55.5 Å². The molecule has 1 aliphatic rings. The molecular formula is C24H24N4O2. The van der Waals surface area contributed by atoms with Crippen LogP contribution in [0.25, 0.3) is 0 Å². The molecule has 3 N–H and O–H groups in total. The van der Waals surface area contributed by atoms with Crippen molar-refractivity contribution in [2.45, 2.75) is 19.4 Å². The van der Waals surface area contributed by atoms with Gasteiger partial charge in [0.2, 0.25) is 5.91 Å². The number of para-hydroxylation sites is 1. The number of benzene rings is 3. The number of urea groups is 1. The Morgan fingerprint density at radius 1 is 0.867 bits per heavy atom. The predicted octanol–water partition coefficient (Wildman–Crippen LogP) is 4.67. The van der Waals surface area contributed by atoms with E-state index in [1.54, 1.807) is 4.90 Å². The first-order valence-electron chi connectivity index (χ1n) is 9.93. The van der Waals surface area contributed by atoms with Crippen LogP contribution >= 0.6 is 0 Å². The number of hydrogen-bond acceptors (Lipinski definition) is 3. The summed E-state index contributed by atoms with van der Waals surface area (Å²) in [6.45, 7) is 2.48. The minimum absolute atomic E-state index is 0.0143. The summed E-state index contributed by atoms with van der Waals surface area (Å²) in [5.74, 6) is 0.0143. The van der Waals surface area contributed by atoms with Crippen molar-refractivity contribution >= 4 is 34.7 Å². The third-order valence-corrected chi connectivity index (χ3v) is 5.01. The molecule has 6 nitrogen and oxygen atoms in total. The van der Waals surface area contributed by atoms with Crippen LogP contribution in [0.15, 0.2) is 78.9 Å². The Morgan fingerprint density at radius 2 is 1.50 bits per heavy atom. The fraction of sp³-hybridized carbons (Fsp3) is 0.167. The Balaban J connectivity index is 1.30. The smallest absolute Gasteiger partial charge is 0.319 e. The molecule has 0 aliphatic carbocycles. The topological polar surface area (TPSA) is 73.5 Å². The second kappa shape index (κ2) is 8.69. The van der Waals surface area contributed by atoms with Gasteiger partial charge in [-0.25, -0.2) is 4.79 Å². The van der Waals surface area contributed by atoms with E-state index >= 15 is 0 Å². The van der Waals surface area contributed by atoms with Crippen molar-refractivity contribution < 1.29 is 9.59 Å². The van der Waals surface area contributed by atoms with Crippen LogP contribution in [0.5, 0.6) is 0 Å². The van der Waals surface area contributed by atoms with E-state index < -0.39 is 0 Å². The van der Waals surface area contributed by atoms with E-state index in [1.807, 2.05) is 85.8 Å². The van der Waals surface area contributed by atoms with E-state index in [1.165, 1.54) is 0 Å². The highest BCUT2D eigenvalue weighted by Crippen LogP contribution is 2.22. The van der Waals surface area contributed by atoms with Crippen molar-refractivity contribution in [3.63, 3.8) is 0 Å². The maximum Gasteiger partial charge on any atom is 0.319 e. The molecule has 1 aliphatic heterocycles. The lowest BCUT2D eigenvalue weighted by Crippen LogP contribution is -2.39. The van der Waals surface area contributed by atoms with Gasteiger partial charge < -0.3 is 20.9 Å². The van der Waals surface area contributed by atoms with Crippen LogP contribution in [0.3, 0.4) is 0 Å². The SMILES string of the molecule is Cc1ccc(N2CC(NC(=O)Nc3ccc(Nc4ccccc4)cc3)CC2=O)cc1. The van der Waals surface area contributed by atoms with Gasteiger partial charge in [0.15, 0.2) is 0 Å². The van der Waals surface area contributed by atoms with Crippen molar-refractivity contribution in [2.75, 3.05) is 22.1 Å². The van der Waals surface area contributed by atoms with Crippen molar-refractivity contribution in [2.24, 2.45) is 0 Å². The molecule has 4 rings (SSSR count). The molecule has 0 bridgehead atoms. The van der Waals surface area contributed by atoms with Gasteiger partial charge in [-0.3, -0.25) is 4.79 Å². The van der Waals surface area contributed by atoms with Crippen LogP contribution in [-0.4, -0.2) is 24.5 Å². The molecule has 6 heteroatoms. The van der Waals surface area contributed by atoms with E-state index in [2.05, 4.69) is 16.0 Å². The molecule has 3 aromatic rings. The zero-order valence-electron chi connectivity index (χ0n) is 16.8. The van der Waals surface area contributed by atoms with Crippen LogP contribution in [0.2, 0.25) is 0 Å². The van der Waals surface area contributed by atoms with Crippen molar-refractivity contribution in [3.05, 3.63) is 84.4 Å². The lowest BCUT2D eigenvalue weighted by molar-refractivity contribution is -0.117. The summed E-state index contributed by atoms with van der Waals surface area (Å²) in [6.07, 6.45) is 0.293. The zero-order valence-corrected chi connectivity index (χ0v) is 16.8. The fourth-order valence-electron chi connectivity index (χ4n) is 3.46. The molecule has 0 radical (unpaired) electrons. The summed E-state index contributed by atoms with van der Waals surface area (Å²) in [7, 11) is 0. The van der Waals surface area contributed by atoms with E-state index in [4.69, 9.17) is 0 Å². The molecule has 1 saturated heterocycles. The minimum atomic E-state index is -0.317. The largest absolute Gasteiger partial charge is 0.356 e. The van der Waals surface area contributed by atoms with Gasteiger partial charge in [0.25, 0.3) is 0 Å². The van der Waals surface area contributed by atoms with Crippen LogP contribution in [0, 0.1) is 6.92 Å². The van der Waals surface area contributed by atoms with Gasteiger partial charge >= 0.3 is 6.03 Å². The van der Waals surface area contributed by atoms with Gasteiger partial charge in [-0.2, -0.15) is 0 Å². The summed E-state index contributed by atoms with van der Waals surface area (Å²) in [4.78, 5) is 26.4. The molecule has 1 unspecified atom stereocenters. The first-order chi connectivity index (χ1) is 14.6. The molecule has 3 amide bonds. The molecule has 1 atom stereocenters. The Morgan fingerprint density at radius 3 is 2.20 bits per heavy atom. The van der Waals surface area contributed by atoms with Gasteiger partial charge in [0.05, 0.1) is 6.04 Å². The van der Waals surface area contributed by atoms with Crippen molar-refractivity contribution in [1.82, 2.24) is 5.32 Å². The number of hydrogen-bond donors (Lipinski definition) is 3. The zero-order chi connectivity index (χ0) is 20.9. The first-order valence-corrected chi connectivity index (χ1v) is 9.93. The lowest BCUT2D eigenvalue weighted by atomic mass is 10.2. The third-order valence-electron chi connectivity index (χ3n) is 5.01. The van der Waals surface area contributed by atoms with Crippen LogP contribution in [-0.2, 0) is 4.79 Å². The molecule has 0 aromatic heterocycles. The first kappa shape index (κ1) is 19.5. The standard InChI is InChI=1S/C24H24N4O2/c1-17-7-13-22(14-8-17)28-16-21(15-23(28)29)27-24(30)26-20-11-9-19(10-12-20)25-18-5-3-2-4-6-18/h2-14,21,25H,15-16H2,1H3,(H2,26,27,30). The number of carbonyl (C=O) groups excluding carboxylic acids is 2. The Bertz CT molecular complexity index is 1020. The normalized spacial score (nSPS) is 15.7. The number of nitrogens with zero attached hydrogens (tertiary/aromatic N) is 1. The molecule has 30 heavy (non-hydrogen) atoms. The summed E-state index contributed by atoms with van der Waals surface area (Å²) in [5, 5.41) is 9.02. The van der Waals surface area contributed by atoms with E-state index in [0.29, 0.717) is 18.7 Å². The highest BCUT2D eigenvalue weighted by molar-refractivity contribution is 5.97. The second-order valence-electron chi connectivity index (χ2n) is 7.41. The lowest BCUT2D eigenvalue weighted by Gasteiger charge is -2.17. The van der Waals surface area contributed by atoms with Gasteiger partial charge in [-0.1, -0.05) is 35.9 Å². The molecule has 0 spiro atoms. The summed E-state index contributed by atoms with van der Waals surface area (Å²) >= 11 is 0. The molecule has 3 aromatic carbocycles. The van der Waals surface area contributed by atoms with Gasteiger partial charge in [0.1, 0.15) is 0 Å². The van der Waals surface area contributed by atoms with Gasteiger partial charge in [0, 0.05) is 35.7 Å². The highest BCUT2D eigenvalue weighted by atomic mass is 16.2. The quantitative estimate of drug-likeness (QED) is 0.583. The van der Waals surface area contributed by atoms with Crippen molar-refractivity contribution in [1.29, 1.82) is 0 Å². The second-order valence-corrected chi connectivity index (χ2v) is 7.41. The average Bonchev–Trinajstić information content (AvgIpc) is 3.10. The predicted molar refractivity (Wildman–Crippen MR) is 120 cm³/mol. The molecule has 1 heterocycles. The fourth-order valence-corrected chi connectivity index (χ4v) is 3.46. The number of anilines is 4. The monoisotopic (exact) mass is 400 g/mol. The molecular weight excluding hydrogens is 376 g/mol. The van der Waals surface area contributed by atoms with Crippen LogP contribution in [0.1, 0.15) is 12.0 Å². The van der Waals surface area contributed by atoms with Crippen LogP contribution in [0.4, 0.5) is 27.5 Å². The summed E-state index contributed by atoms with van der Waals surface area (Å²) in [6, 6.07) is 24.6. The minimum Gasteiger partial charge on any atom is -0.356 e. The molecule has 152 valence electrons. The number of aryl methyl sites for hydroxylation is 1. The molecule has 0 saturated carbocycles. The van der Waals surface area contributed by atoms with Crippen LogP contribution < -0.4 is 20.9 Å². The van der Waals surface area contributed by atoms with E-state index in [0.717, 1.165) is 22.6 Å². The maximum atomic E-state index is 12.4. The highest BCUT2D eigenvalue weighted by Gasteiger charge is 2.31. The Kier molecular flexibility index (Phi) is 5.66. The van der Waals surface area contributed by atoms with Crippen molar-refractivity contribution in [3.8, 4) is 0 Å². The van der Waals surface area contributed by atoms with E-state index in [-0.39, 0.29) is 18.0 Å². The van der Waals surface area contributed by atoms with E-state index in [9.17, 15) is 9.59 Å². The summed E-state index contributed by atoms with van der Waals surface area (Å²) < 4.78 is 0. The summed E-state index contributed by atoms with van der Waals surface area (Å²) in [5.41, 5.74) is 4.62. The average molecular weight is 400 g/mol. The Labute approximate surface area is 175 Å². The molecule has 1 fully saturated rings. The number of carbonyl (C=O) groups is 2. The van der Waals surface area contributed by atoms with Gasteiger partial charge in [-0.15, -0.1) is 0 Å².